The van der Waals surface area contributed by atoms with Gasteiger partial charge in [0.25, 0.3) is 0 Å². The average molecular weight is 201 g/mol. The summed E-state index contributed by atoms with van der Waals surface area (Å²) in [6.45, 7) is 5.76. The molecule has 0 fully saturated rings. The molecular weight excluding hydrogens is 184 g/mol. The minimum absolute atomic E-state index is 0.263. The Balaban J connectivity index is 3.58. The second kappa shape index (κ2) is 7.35. The Hall–Kier alpha value is -1.06. The molecule has 1 radical (unpaired) electrons. The Morgan fingerprint density at radius 1 is 1.43 bits per heavy atom. The summed E-state index contributed by atoms with van der Waals surface area (Å²) in [7, 11) is 1.34. The lowest BCUT2D eigenvalue weighted by molar-refractivity contribution is -0.147. The molecule has 0 spiro atoms. The van der Waals surface area contributed by atoms with Gasteiger partial charge in [-0.05, 0) is 26.7 Å². The Morgan fingerprint density at radius 2 is 2.07 bits per heavy atom. The van der Waals surface area contributed by atoms with Crippen molar-refractivity contribution in [2.24, 2.45) is 5.92 Å². The summed E-state index contributed by atoms with van der Waals surface area (Å²) < 4.78 is 9.23. The van der Waals surface area contributed by atoms with E-state index in [2.05, 4.69) is 11.7 Å². The standard InChI is InChI=1S/C10H17O4/c1-4-14-10(12)8(2)6-5-7-9(11)13-3/h8H,2,4-7H2,1,3H3. The van der Waals surface area contributed by atoms with E-state index in [1.54, 1.807) is 6.92 Å². The third-order valence-corrected chi connectivity index (χ3v) is 1.78. The molecule has 0 aromatic rings. The van der Waals surface area contributed by atoms with Crippen LogP contribution in [0.2, 0.25) is 0 Å². The fourth-order valence-corrected chi connectivity index (χ4v) is 0.973. The summed E-state index contributed by atoms with van der Waals surface area (Å²) in [5, 5.41) is 0. The van der Waals surface area contributed by atoms with Crippen LogP contribution >= 0.6 is 0 Å². The van der Waals surface area contributed by atoms with Crippen molar-refractivity contribution in [1.82, 2.24) is 0 Å². The Morgan fingerprint density at radius 3 is 2.57 bits per heavy atom. The molecule has 0 saturated heterocycles. The van der Waals surface area contributed by atoms with E-state index in [4.69, 9.17) is 4.74 Å². The van der Waals surface area contributed by atoms with Gasteiger partial charge in [-0.15, -0.1) is 0 Å². The molecule has 0 aromatic heterocycles. The highest BCUT2D eigenvalue weighted by atomic mass is 16.5. The van der Waals surface area contributed by atoms with E-state index in [1.165, 1.54) is 7.11 Å². The fourth-order valence-electron chi connectivity index (χ4n) is 0.973. The minimum atomic E-state index is -0.389. The summed E-state index contributed by atoms with van der Waals surface area (Å²) in [5.41, 5.74) is 0. The molecule has 0 aliphatic heterocycles. The summed E-state index contributed by atoms with van der Waals surface area (Å²) in [6.07, 6.45) is 1.47. The molecule has 1 unspecified atom stereocenters. The number of esters is 2. The van der Waals surface area contributed by atoms with Gasteiger partial charge >= 0.3 is 11.9 Å². The molecule has 0 aliphatic rings. The van der Waals surface area contributed by atoms with Crippen LogP contribution in [0.3, 0.4) is 0 Å². The zero-order chi connectivity index (χ0) is 11.0. The van der Waals surface area contributed by atoms with E-state index in [9.17, 15) is 9.59 Å². The van der Waals surface area contributed by atoms with Gasteiger partial charge in [0.05, 0.1) is 19.6 Å². The van der Waals surface area contributed by atoms with Crippen LogP contribution in [-0.2, 0) is 19.1 Å². The van der Waals surface area contributed by atoms with Gasteiger partial charge in [0.2, 0.25) is 0 Å². The second-order valence-electron chi connectivity index (χ2n) is 2.92. The number of carbonyl (C=O) groups is 2. The van der Waals surface area contributed by atoms with Crippen LogP contribution in [0, 0.1) is 12.8 Å². The molecule has 0 N–H and O–H groups in total. The SMILES string of the molecule is [CH2]C(CCCC(=O)OC)C(=O)OCC. The van der Waals surface area contributed by atoms with Crippen molar-refractivity contribution in [2.45, 2.75) is 26.2 Å². The smallest absolute Gasteiger partial charge is 0.308 e. The molecule has 1 atom stereocenters. The highest BCUT2D eigenvalue weighted by Gasteiger charge is 2.14. The van der Waals surface area contributed by atoms with Gasteiger partial charge in [-0.25, -0.2) is 0 Å². The van der Waals surface area contributed by atoms with E-state index in [0.717, 1.165) is 0 Å². The van der Waals surface area contributed by atoms with Gasteiger partial charge in [-0.1, -0.05) is 0 Å². The number of rotatable bonds is 6. The largest absolute Gasteiger partial charge is 0.469 e. The average Bonchev–Trinajstić information content (AvgIpc) is 2.17. The van der Waals surface area contributed by atoms with E-state index >= 15 is 0 Å². The van der Waals surface area contributed by atoms with Gasteiger partial charge in [-0.2, -0.15) is 0 Å². The first-order valence-electron chi connectivity index (χ1n) is 4.68. The highest BCUT2D eigenvalue weighted by molar-refractivity contribution is 5.73. The van der Waals surface area contributed by atoms with E-state index in [1.807, 2.05) is 0 Å². The van der Waals surface area contributed by atoms with Crippen LogP contribution < -0.4 is 0 Å². The maximum atomic E-state index is 11.1. The lowest BCUT2D eigenvalue weighted by Crippen LogP contribution is -2.15. The Kier molecular flexibility index (Phi) is 6.80. The molecule has 4 heteroatoms. The first kappa shape index (κ1) is 12.9. The van der Waals surface area contributed by atoms with Crippen LogP contribution in [0.4, 0.5) is 0 Å². The zero-order valence-electron chi connectivity index (χ0n) is 8.75. The number of carbonyl (C=O) groups excluding carboxylic acids is 2. The molecule has 0 rings (SSSR count). The topological polar surface area (TPSA) is 52.6 Å². The number of hydrogen-bond acceptors (Lipinski definition) is 4. The predicted octanol–water partition coefficient (Wildman–Crippen LogP) is 1.34. The van der Waals surface area contributed by atoms with Crippen molar-refractivity contribution in [1.29, 1.82) is 0 Å². The highest BCUT2D eigenvalue weighted by Crippen LogP contribution is 2.09. The second-order valence-corrected chi connectivity index (χ2v) is 2.92. The molecular formula is C10H17O4. The fraction of sp³-hybridized carbons (Fsp3) is 0.700. The molecule has 0 amide bonds. The monoisotopic (exact) mass is 201 g/mol. The molecule has 14 heavy (non-hydrogen) atoms. The van der Waals surface area contributed by atoms with E-state index < -0.39 is 0 Å². The molecule has 4 nitrogen and oxygen atoms in total. The summed E-state index contributed by atoms with van der Waals surface area (Å²) in [4.78, 5) is 21.8. The molecule has 0 heterocycles. The lowest BCUT2D eigenvalue weighted by Gasteiger charge is -2.09. The van der Waals surface area contributed by atoms with Crippen molar-refractivity contribution in [3.8, 4) is 0 Å². The van der Waals surface area contributed by atoms with Crippen LogP contribution in [0.1, 0.15) is 26.2 Å². The van der Waals surface area contributed by atoms with Crippen molar-refractivity contribution in [3.05, 3.63) is 6.92 Å². The maximum absolute atomic E-state index is 11.1. The normalized spacial score (nSPS) is 11.9. The Labute approximate surface area is 84.6 Å². The van der Waals surface area contributed by atoms with Crippen LogP contribution in [0.5, 0.6) is 0 Å². The first-order chi connectivity index (χ1) is 6.61. The van der Waals surface area contributed by atoms with Gasteiger partial charge in [0, 0.05) is 6.42 Å². The maximum Gasteiger partial charge on any atom is 0.308 e. The van der Waals surface area contributed by atoms with Gasteiger partial charge < -0.3 is 9.47 Å². The van der Waals surface area contributed by atoms with Gasteiger partial charge in [-0.3, -0.25) is 9.59 Å². The Bertz CT molecular complexity index is 189. The number of ether oxygens (including phenoxy) is 2. The van der Waals surface area contributed by atoms with Crippen LogP contribution in [0.25, 0.3) is 0 Å². The zero-order valence-corrected chi connectivity index (χ0v) is 8.75. The van der Waals surface area contributed by atoms with E-state index in [-0.39, 0.29) is 17.9 Å². The summed E-state index contributed by atoms with van der Waals surface area (Å²) >= 11 is 0. The molecule has 0 aliphatic carbocycles. The third-order valence-electron chi connectivity index (χ3n) is 1.78. The van der Waals surface area contributed by atoms with Gasteiger partial charge in [0.1, 0.15) is 0 Å². The minimum Gasteiger partial charge on any atom is -0.469 e. The predicted molar refractivity (Wildman–Crippen MR) is 51.3 cm³/mol. The number of hydrogen-bond donors (Lipinski definition) is 0. The first-order valence-corrected chi connectivity index (χ1v) is 4.68. The van der Waals surface area contributed by atoms with Crippen LogP contribution in [0.15, 0.2) is 0 Å². The summed E-state index contributed by atoms with van der Waals surface area (Å²) in [6, 6.07) is 0. The molecule has 81 valence electrons. The van der Waals surface area contributed by atoms with Crippen LogP contribution in [-0.4, -0.2) is 25.7 Å². The molecule has 0 aromatic carbocycles. The van der Waals surface area contributed by atoms with Crippen molar-refractivity contribution >= 4 is 11.9 Å². The number of methoxy groups -OCH3 is 1. The third kappa shape index (κ3) is 5.56. The van der Waals surface area contributed by atoms with E-state index in [0.29, 0.717) is 25.9 Å². The molecule has 0 saturated carbocycles. The van der Waals surface area contributed by atoms with Crippen molar-refractivity contribution in [2.75, 3.05) is 13.7 Å². The quantitative estimate of drug-likeness (QED) is 0.608. The van der Waals surface area contributed by atoms with Crippen molar-refractivity contribution in [3.63, 3.8) is 0 Å². The lowest BCUT2D eigenvalue weighted by atomic mass is 10.0. The van der Waals surface area contributed by atoms with Crippen molar-refractivity contribution < 1.29 is 19.1 Å². The molecule has 0 bridgehead atoms. The summed E-state index contributed by atoms with van der Waals surface area (Å²) in [5.74, 6) is -0.960. The van der Waals surface area contributed by atoms with Gasteiger partial charge in [0.15, 0.2) is 0 Å².